The molecule has 1 aliphatic carbocycles. The van der Waals surface area contributed by atoms with Crippen molar-refractivity contribution in [1.82, 2.24) is 24.6 Å². The van der Waals surface area contributed by atoms with Crippen LogP contribution in [0.3, 0.4) is 0 Å². The Morgan fingerprint density at radius 3 is 2.76 bits per heavy atom. The van der Waals surface area contributed by atoms with Crippen LogP contribution in [0.5, 0.6) is 0 Å². The largest absolute Gasteiger partial charge is 0.324 e. The lowest BCUT2D eigenvalue weighted by Gasteiger charge is -2.18. The number of fused-ring (bicyclic) bond motifs is 2. The number of rotatable bonds is 4. The molecule has 1 saturated carbocycles. The molecule has 8 heteroatoms. The summed E-state index contributed by atoms with van der Waals surface area (Å²) in [5.74, 6) is 0.505. The minimum absolute atomic E-state index is 0.00830. The van der Waals surface area contributed by atoms with E-state index >= 15 is 0 Å². The maximum absolute atomic E-state index is 13.3. The van der Waals surface area contributed by atoms with Crippen molar-refractivity contribution < 1.29 is 0 Å². The lowest BCUT2D eigenvalue weighted by molar-refractivity contribution is 0.564. The Labute approximate surface area is 196 Å². The van der Waals surface area contributed by atoms with Gasteiger partial charge in [-0.05, 0) is 66.6 Å². The molecule has 2 N–H and O–H groups in total. The maximum atomic E-state index is 13.3. The Bertz CT molecular complexity index is 1420. The first-order valence-corrected chi connectivity index (χ1v) is 12.4. The summed E-state index contributed by atoms with van der Waals surface area (Å²) in [6.07, 6.45) is 4.73. The van der Waals surface area contributed by atoms with Gasteiger partial charge in [0.2, 0.25) is 5.95 Å². The lowest BCUT2D eigenvalue weighted by Crippen LogP contribution is -2.23. The normalized spacial score (nSPS) is 16.2. The molecule has 6 rings (SSSR count). The van der Waals surface area contributed by atoms with Crippen molar-refractivity contribution in [3.8, 4) is 5.00 Å². The Morgan fingerprint density at radius 1 is 1.15 bits per heavy atom. The molecule has 4 heterocycles. The highest BCUT2D eigenvalue weighted by molar-refractivity contribution is 7.14. The molecule has 2 aliphatic rings. The zero-order chi connectivity index (χ0) is 22.7. The predicted molar refractivity (Wildman–Crippen MR) is 133 cm³/mol. The lowest BCUT2D eigenvalue weighted by atomic mass is 9.95. The van der Waals surface area contributed by atoms with Gasteiger partial charge in [0.05, 0.1) is 6.04 Å². The fraction of sp³-hybridized carbons (Fsp3) is 0.400. The van der Waals surface area contributed by atoms with E-state index < -0.39 is 0 Å². The van der Waals surface area contributed by atoms with E-state index in [0.29, 0.717) is 17.0 Å². The van der Waals surface area contributed by atoms with Crippen LogP contribution in [0.4, 0.5) is 11.6 Å². The molecule has 1 aliphatic heterocycles. The number of nitrogens with one attached hydrogen (secondary N) is 2. The van der Waals surface area contributed by atoms with Crippen LogP contribution in [0.25, 0.3) is 16.0 Å². The molecular weight excluding hydrogens is 432 g/mol. The highest BCUT2D eigenvalue weighted by atomic mass is 32.1. The quantitative estimate of drug-likeness (QED) is 0.463. The van der Waals surface area contributed by atoms with Crippen molar-refractivity contribution in [2.75, 3.05) is 11.9 Å². The van der Waals surface area contributed by atoms with Crippen LogP contribution in [-0.2, 0) is 18.4 Å². The van der Waals surface area contributed by atoms with Crippen molar-refractivity contribution in [3.05, 3.63) is 62.9 Å². The minimum atomic E-state index is -0.00830. The monoisotopic (exact) mass is 460 g/mol. The van der Waals surface area contributed by atoms with Gasteiger partial charge in [-0.2, -0.15) is 4.98 Å². The molecule has 7 nitrogen and oxygen atoms in total. The fourth-order valence-corrected chi connectivity index (χ4v) is 5.51. The van der Waals surface area contributed by atoms with Crippen molar-refractivity contribution in [1.29, 1.82) is 0 Å². The third kappa shape index (κ3) is 3.67. The molecule has 0 saturated heterocycles. The van der Waals surface area contributed by atoms with E-state index in [4.69, 9.17) is 4.98 Å². The predicted octanol–water partition coefficient (Wildman–Crippen LogP) is 4.67. The van der Waals surface area contributed by atoms with E-state index in [9.17, 15) is 4.79 Å². The van der Waals surface area contributed by atoms with Crippen LogP contribution in [0.2, 0.25) is 0 Å². The second kappa shape index (κ2) is 7.53. The maximum Gasteiger partial charge on any atom is 0.278 e. The Kier molecular flexibility index (Phi) is 4.71. The molecule has 1 fully saturated rings. The second-order valence-electron chi connectivity index (χ2n) is 10.0. The van der Waals surface area contributed by atoms with Gasteiger partial charge in [-0.1, -0.05) is 26.8 Å². The summed E-state index contributed by atoms with van der Waals surface area (Å²) in [5.41, 5.74) is 4.37. The molecule has 3 aromatic heterocycles. The zero-order valence-corrected chi connectivity index (χ0v) is 20.0. The summed E-state index contributed by atoms with van der Waals surface area (Å²) in [6.45, 7) is 8.54. The molecule has 4 aromatic rings. The van der Waals surface area contributed by atoms with Crippen LogP contribution in [0.1, 0.15) is 55.7 Å². The van der Waals surface area contributed by atoms with Crippen molar-refractivity contribution in [2.45, 2.75) is 58.0 Å². The van der Waals surface area contributed by atoms with Crippen LogP contribution < -0.4 is 16.2 Å². The Morgan fingerprint density at radius 2 is 2.00 bits per heavy atom. The molecule has 0 bridgehead atoms. The smallest absolute Gasteiger partial charge is 0.278 e. The summed E-state index contributed by atoms with van der Waals surface area (Å²) in [5, 5.41) is 8.35. The fourth-order valence-electron chi connectivity index (χ4n) is 4.45. The number of benzene rings is 1. The van der Waals surface area contributed by atoms with E-state index in [1.165, 1.54) is 16.0 Å². The van der Waals surface area contributed by atoms with Gasteiger partial charge in [-0.3, -0.25) is 4.79 Å². The number of hydrogen-bond donors (Lipinski definition) is 2. The van der Waals surface area contributed by atoms with Gasteiger partial charge in [0.25, 0.3) is 5.56 Å². The Balaban J connectivity index is 1.44. The number of aromatic nitrogens is 4. The molecule has 170 valence electrons. The van der Waals surface area contributed by atoms with E-state index in [2.05, 4.69) is 66.7 Å². The van der Waals surface area contributed by atoms with E-state index in [1.807, 2.05) is 9.36 Å². The molecule has 0 atom stereocenters. The SMILES string of the molecule is CC(C)(C)c1ccc(-n2c3nc(Nc4ccc5c(c4)CCNC5)ncc3c(=O)n2C2CC2)s1. The summed E-state index contributed by atoms with van der Waals surface area (Å²) in [7, 11) is 0. The van der Waals surface area contributed by atoms with E-state index in [0.717, 1.165) is 43.0 Å². The molecule has 33 heavy (non-hydrogen) atoms. The molecule has 0 amide bonds. The molecule has 0 unspecified atom stereocenters. The van der Waals surface area contributed by atoms with Crippen molar-refractivity contribution in [2.24, 2.45) is 0 Å². The van der Waals surface area contributed by atoms with Gasteiger partial charge in [0.1, 0.15) is 10.4 Å². The number of hydrogen-bond acceptors (Lipinski definition) is 6. The summed E-state index contributed by atoms with van der Waals surface area (Å²) in [6, 6.07) is 10.9. The minimum Gasteiger partial charge on any atom is -0.324 e. The van der Waals surface area contributed by atoms with Crippen LogP contribution >= 0.6 is 11.3 Å². The summed E-state index contributed by atoms with van der Waals surface area (Å²) >= 11 is 1.72. The molecule has 1 aromatic carbocycles. The van der Waals surface area contributed by atoms with E-state index in [1.54, 1.807) is 17.5 Å². The molecule has 0 spiro atoms. The highest BCUT2D eigenvalue weighted by Crippen LogP contribution is 2.38. The van der Waals surface area contributed by atoms with Crippen molar-refractivity contribution >= 4 is 34.0 Å². The number of thiophene rings is 1. The molecular formula is C25H28N6OS. The van der Waals surface area contributed by atoms with Gasteiger partial charge in [0, 0.05) is 23.3 Å². The Hall–Kier alpha value is -2.97. The second-order valence-corrected chi connectivity index (χ2v) is 11.1. The van der Waals surface area contributed by atoms with Crippen LogP contribution in [-0.4, -0.2) is 25.9 Å². The summed E-state index contributed by atoms with van der Waals surface area (Å²) in [4.78, 5) is 23.9. The first-order valence-electron chi connectivity index (χ1n) is 11.6. The molecule has 0 radical (unpaired) electrons. The number of anilines is 2. The van der Waals surface area contributed by atoms with Gasteiger partial charge in [-0.25, -0.2) is 14.3 Å². The van der Waals surface area contributed by atoms with Crippen LogP contribution in [0.15, 0.2) is 41.3 Å². The average Bonchev–Trinajstić information content (AvgIpc) is 3.42. The third-order valence-electron chi connectivity index (χ3n) is 6.40. The van der Waals surface area contributed by atoms with Gasteiger partial charge >= 0.3 is 0 Å². The standard InChI is InChI=1S/C25H28N6OS/c1-25(2,3)20-8-9-21(33-20)31-22-19(23(32)30(31)18-6-7-18)14-27-24(29-22)28-17-5-4-16-13-26-11-10-15(16)12-17/h4-5,8-9,12,14,18,26H,6-7,10-11,13H2,1-3H3,(H,27,28,29). The topological polar surface area (TPSA) is 76.8 Å². The number of nitrogens with zero attached hydrogens (tertiary/aromatic N) is 4. The first kappa shape index (κ1) is 20.6. The van der Waals surface area contributed by atoms with E-state index in [-0.39, 0.29) is 17.0 Å². The van der Waals surface area contributed by atoms with Gasteiger partial charge in [0.15, 0.2) is 5.65 Å². The highest BCUT2D eigenvalue weighted by Gasteiger charge is 2.31. The summed E-state index contributed by atoms with van der Waals surface area (Å²) < 4.78 is 3.90. The average molecular weight is 461 g/mol. The first-order chi connectivity index (χ1) is 15.9. The van der Waals surface area contributed by atoms with Crippen LogP contribution in [0, 0.1) is 0 Å². The zero-order valence-electron chi connectivity index (χ0n) is 19.2. The van der Waals surface area contributed by atoms with Crippen molar-refractivity contribution in [3.63, 3.8) is 0 Å². The third-order valence-corrected chi connectivity index (χ3v) is 7.89. The van der Waals surface area contributed by atoms with Gasteiger partial charge in [-0.15, -0.1) is 11.3 Å². The van der Waals surface area contributed by atoms with Gasteiger partial charge < -0.3 is 10.6 Å².